The topological polar surface area (TPSA) is 86.7 Å². The van der Waals surface area contributed by atoms with E-state index in [-0.39, 0.29) is 32.0 Å². The molecule has 0 aliphatic carbocycles. The number of nitrogens with zero attached hydrogens (tertiary/aromatic N) is 1. The highest BCUT2D eigenvalue weighted by Crippen LogP contribution is 2.40. The standard InChI is InChI=1S/C25H14F6N2O4S3/c26-24(27,28)15-5-13(6-16(8-15)25(29,30)31)14-7-18(39-11-14)9-19-21(35)33(23(38)40-19)10-20(34)32-17-3-1-12(2-4-17)22(36)37/h1-9,11H,10H2,(H,32,34)(H,36,37)/b19-9-. The first-order valence-corrected chi connectivity index (χ1v) is 13.0. The number of thiophene rings is 1. The van der Waals surface area contributed by atoms with Crippen LogP contribution in [0.15, 0.2) is 58.8 Å². The van der Waals surface area contributed by atoms with Crippen LogP contribution in [0.4, 0.5) is 32.0 Å². The Morgan fingerprint density at radius 2 is 1.55 bits per heavy atom. The average molecular weight is 617 g/mol. The number of alkyl halides is 6. The summed E-state index contributed by atoms with van der Waals surface area (Å²) in [6, 6.07) is 7.97. The summed E-state index contributed by atoms with van der Waals surface area (Å²) in [4.78, 5) is 37.7. The summed E-state index contributed by atoms with van der Waals surface area (Å²) >= 11 is 7.07. The first-order chi connectivity index (χ1) is 18.6. The molecule has 40 heavy (non-hydrogen) atoms. The Bertz CT molecular complexity index is 1510. The van der Waals surface area contributed by atoms with E-state index >= 15 is 0 Å². The summed E-state index contributed by atoms with van der Waals surface area (Å²) in [5.41, 5.74) is -2.77. The predicted octanol–water partition coefficient (Wildman–Crippen LogP) is 6.99. The van der Waals surface area contributed by atoms with Crippen LogP contribution in [-0.2, 0) is 21.9 Å². The molecule has 0 bridgehead atoms. The lowest BCUT2D eigenvalue weighted by atomic mass is 10.0. The van der Waals surface area contributed by atoms with Crippen LogP contribution < -0.4 is 5.32 Å². The van der Waals surface area contributed by atoms with Crippen molar-refractivity contribution >= 4 is 69.2 Å². The summed E-state index contributed by atoms with van der Waals surface area (Å²) in [5, 5.41) is 12.8. The first kappa shape index (κ1) is 29.3. The molecule has 4 rings (SSSR count). The number of rotatable bonds is 6. The van der Waals surface area contributed by atoms with Gasteiger partial charge in [-0.25, -0.2) is 4.79 Å². The predicted molar refractivity (Wildman–Crippen MR) is 142 cm³/mol. The van der Waals surface area contributed by atoms with E-state index in [1.54, 1.807) is 0 Å². The van der Waals surface area contributed by atoms with Crippen molar-refractivity contribution in [2.45, 2.75) is 12.4 Å². The lowest BCUT2D eigenvalue weighted by Gasteiger charge is -2.14. The summed E-state index contributed by atoms with van der Waals surface area (Å²) in [7, 11) is 0. The SMILES string of the molecule is O=C(CN1C(=O)/C(=C/c2cc(-c3cc(C(F)(F)F)cc(C(F)(F)F)c3)cs2)SC1=S)Nc1ccc(C(=O)O)cc1. The Hall–Kier alpha value is -3.69. The Kier molecular flexibility index (Phi) is 8.10. The van der Waals surface area contributed by atoms with E-state index in [1.165, 1.54) is 41.8 Å². The summed E-state index contributed by atoms with van der Waals surface area (Å²) in [6.45, 7) is -0.442. The highest BCUT2D eigenvalue weighted by atomic mass is 32.2. The molecule has 2 heterocycles. The number of amides is 2. The number of carboxylic acids is 1. The molecule has 15 heteroatoms. The van der Waals surface area contributed by atoms with Crippen molar-refractivity contribution < 1.29 is 45.8 Å². The number of thiocarbonyl (C=S) groups is 1. The minimum Gasteiger partial charge on any atom is -0.478 e. The van der Waals surface area contributed by atoms with Gasteiger partial charge in [-0.1, -0.05) is 24.0 Å². The van der Waals surface area contributed by atoms with Gasteiger partial charge in [-0.15, -0.1) is 11.3 Å². The van der Waals surface area contributed by atoms with Gasteiger partial charge in [-0.3, -0.25) is 14.5 Å². The molecule has 0 radical (unpaired) electrons. The van der Waals surface area contributed by atoms with Crippen LogP contribution in [0.5, 0.6) is 0 Å². The quantitative estimate of drug-likeness (QED) is 0.176. The van der Waals surface area contributed by atoms with Gasteiger partial charge in [0.05, 0.1) is 21.6 Å². The third-order valence-corrected chi connectivity index (χ3v) is 7.66. The molecule has 1 aromatic heterocycles. The van der Waals surface area contributed by atoms with Gasteiger partial charge in [0.2, 0.25) is 5.91 Å². The highest BCUT2D eigenvalue weighted by Gasteiger charge is 2.37. The molecular weight excluding hydrogens is 602 g/mol. The van der Waals surface area contributed by atoms with Crippen LogP contribution in [-0.4, -0.2) is 38.7 Å². The third-order valence-electron chi connectivity index (χ3n) is 5.41. The van der Waals surface area contributed by atoms with Gasteiger partial charge in [0.15, 0.2) is 0 Å². The van der Waals surface area contributed by atoms with Gasteiger partial charge >= 0.3 is 18.3 Å². The minimum atomic E-state index is -4.99. The van der Waals surface area contributed by atoms with E-state index in [0.29, 0.717) is 22.7 Å². The van der Waals surface area contributed by atoms with Crippen LogP contribution >= 0.6 is 35.3 Å². The van der Waals surface area contributed by atoms with Gasteiger partial charge in [0.25, 0.3) is 5.91 Å². The second kappa shape index (κ2) is 11.1. The molecular formula is C25H14F6N2O4S3. The van der Waals surface area contributed by atoms with Crippen molar-refractivity contribution in [2.24, 2.45) is 0 Å². The summed E-state index contributed by atoms with van der Waals surface area (Å²) < 4.78 is 79.4. The van der Waals surface area contributed by atoms with Crippen LogP contribution in [0, 0.1) is 0 Å². The Morgan fingerprint density at radius 3 is 2.10 bits per heavy atom. The van der Waals surface area contributed by atoms with Gasteiger partial charge < -0.3 is 10.4 Å². The number of carbonyl (C=O) groups is 3. The van der Waals surface area contributed by atoms with Crippen molar-refractivity contribution in [2.75, 3.05) is 11.9 Å². The Morgan fingerprint density at radius 1 is 0.950 bits per heavy atom. The molecule has 1 saturated heterocycles. The maximum absolute atomic E-state index is 13.2. The zero-order valence-corrected chi connectivity index (χ0v) is 22.0. The maximum atomic E-state index is 13.2. The number of nitrogens with one attached hydrogen (secondary N) is 1. The average Bonchev–Trinajstić information content (AvgIpc) is 3.43. The molecule has 0 spiro atoms. The molecule has 2 N–H and O–H groups in total. The van der Waals surface area contributed by atoms with Gasteiger partial charge in [0, 0.05) is 10.6 Å². The molecule has 208 valence electrons. The van der Waals surface area contributed by atoms with Crippen LogP contribution in [0.3, 0.4) is 0 Å². The zero-order valence-electron chi connectivity index (χ0n) is 19.6. The number of halogens is 6. The Labute approximate surface area is 235 Å². The fourth-order valence-corrected chi connectivity index (χ4v) is 5.68. The molecule has 3 aromatic rings. The number of carboxylic acid groups (broad SMARTS) is 1. The second-order valence-corrected chi connectivity index (χ2v) is 10.8. The van der Waals surface area contributed by atoms with Crippen LogP contribution in [0.1, 0.15) is 26.4 Å². The summed E-state index contributed by atoms with van der Waals surface area (Å²) in [5.74, 6) is -2.36. The molecule has 0 saturated carbocycles. The van der Waals surface area contributed by atoms with E-state index in [4.69, 9.17) is 17.3 Å². The number of hydrogen-bond acceptors (Lipinski definition) is 6. The third kappa shape index (κ3) is 6.71. The first-order valence-electron chi connectivity index (χ1n) is 10.9. The van der Waals surface area contributed by atoms with E-state index in [2.05, 4.69) is 5.32 Å². The fraction of sp³-hybridized carbons (Fsp3) is 0.120. The van der Waals surface area contributed by atoms with E-state index in [1.807, 2.05) is 0 Å². The van der Waals surface area contributed by atoms with Gasteiger partial charge in [0.1, 0.15) is 10.9 Å². The van der Waals surface area contributed by atoms with Crippen molar-refractivity contribution in [3.05, 3.63) is 80.4 Å². The molecule has 2 amide bonds. The highest BCUT2D eigenvalue weighted by molar-refractivity contribution is 8.26. The summed E-state index contributed by atoms with van der Waals surface area (Å²) in [6.07, 6.45) is -8.59. The van der Waals surface area contributed by atoms with E-state index < -0.39 is 47.8 Å². The minimum absolute atomic E-state index is 0.0191. The number of hydrogen-bond donors (Lipinski definition) is 2. The molecule has 6 nitrogen and oxygen atoms in total. The molecule has 1 aliphatic rings. The maximum Gasteiger partial charge on any atom is 0.416 e. The smallest absolute Gasteiger partial charge is 0.416 e. The lowest BCUT2D eigenvalue weighted by molar-refractivity contribution is -0.143. The number of benzene rings is 2. The monoisotopic (exact) mass is 616 g/mol. The number of carbonyl (C=O) groups excluding carboxylic acids is 2. The molecule has 2 aromatic carbocycles. The number of thioether (sulfide) groups is 1. The van der Waals surface area contributed by atoms with Crippen molar-refractivity contribution in [3.63, 3.8) is 0 Å². The van der Waals surface area contributed by atoms with Crippen molar-refractivity contribution in [3.8, 4) is 11.1 Å². The van der Waals surface area contributed by atoms with Crippen molar-refractivity contribution in [1.29, 1.82) is 0 Å². The lowest BCUT2D eigenvalue weighted by Crippen LogP contribution is -2.36. The van der Waals surface area contributed by atoms with Gasteiger partial charge in [-0.2, -0.15) is 26.3 Å². The Balaban J connectivity index is 1.50. The molecule has 0 unspecified atom stereocenters. The van der Waals surface area contributed by atoms with Crippen LogP contribution in [0.25, 0.3) is 17.2 Å². The van der Waals surface area contributed by atoms with Crippen LogP contribution in [0.2, 0.25) is 0 Å². The largest absolute Gasteiger partial charge is 0.478 e. The van der Waals surface area contributed by atoms with Crippen molar-refractivity contribution in [1.82, 2.24) is 4.90 Å². The fourth-order valence-electron chi connectivity index (χ4n) is 3.51. The van der Waals surface area contributed by atoms with Gasteiger partial charge in [-0.05, 0) is 71.1 Å². The normalized spacial score (nSPS) is 15.2. The molecule has 0 atom stereocenters. The molecule has 1 fully saturated rings. The van der Waals surface area contributed by atoms with E-state index in [9.17, 15) is 40.7 Å². The number of anilines is 1. The second-order valence-electron chi connectivity index (χ2n) is 8.23. The zero-order chi connectivity index (χ0) is 29.4. The number of aromatic carboxylic acids is 1. The van der Waals surface area contributed by atoms with E-state index in [0.717, 1.165) is 28.0 Å². The molecule has 1 aliphatic heterocycles.